The summed E-state index contributed by atoms with van der Waals surface area (Å²) in [6.45, 7) is 4.81. The number of aryl methyl sites for hydroxylation is 2. The summed E-state index contributed by atoms with van der Waals surface area (Å²) in [6.07, 6.45) is 4.21. The van der Waals surface area contributed by atoms with E-state index in [0.717, 1.165) is 30.4 Å². The van der Waals surface area contributed by atoms with Crippen LogP contribution in [0.2, 0.25) is 0 Å². The number of benzene rings is 1. The lowest BCUT2D eigenvalue weighted by atomic mass is 9.77. The third kappa shape index (κ3) is 3.70. The van der Waals surface area contributed by atoms with Crippen LogP contribution in [0.1, 0.15) is 60.9 Å². The monoisotopic (exact) mass is 426 g/mol. The van der Waals surface area contributed by atoms with Gasteiger partial charge in [0.1, 0.15) is 0 Å². The molecule has 2 N–H and O–H groups in total. The highest BCUT2D eigenvalue weighted by Gasteiger charge is 2.40. The van der Waals surface area contributed by atoms with Crippen LogP contribution >= 0.6 is 12.4 Å². The van der Waals surface area contributed by atoms with Crippen molar-refractivity contribution in [3.05, 3.63) is 41.0 Å². The molecule has 2 aromatic rings. The van der Waals surface area contributed by atoms with Gasteiger partial charge in [0.05, 0.1) is 10.4 Å². The lowest BCUT2D eigenvalue weighted by Gasteiger charge is -2.34. The molecule has 28 heavy (non-hydrogen) atoms. The molecule has 2 fully saturated rings. The number of rotatable bonds is 4. The topological polar surface area (TPSA) is 102 Å². The second kappa shape index (κ2) is 7.74. The van der Waals surface area contributed by atoms with Crippen LogP contribution in [0.3, 0.4) is 0 Å². The predicted octanol–water partition coefficient (Wildman–Crippen LogP) is 3.01. The van der Waals surface area contributed by atoms with Crippen molar-refractivity contribution in [2.45, 2.75) is 62.3 Å². The molecule has 4 rings (SSSR count). The van der Waals surface area contributed by atoms with Gasteiger partial charge in [0.25, 0.3) is 0 Å². The molecule has 0 radical (unpaired) electrons. The minimum absolute atomic E-state index is 0. The summed E-state index contributed by atoms with van der Waals surface area (Å²) in [5, 5.41) is 4.08. The Hall–Kier alpha value is -1.48. The maximum absolute atomic E-state index is 12.9. The Morgan fingerprint density at radius 2 is 1.86 bits per heavy atom. The number of aromatic nitrogens is 2. The van der Waals surface area contributed by atoms with Gasteiger partial charge in [0.15, 0.2) is 5.82 Å². The van der Waals surface area contributed by atoms with Gasteiger partial charge in [-0.05, 0) is 69.2 Å². The molecular weight excluding hydrogens is 400 g/mol. The van der Waals surface area contributed by atoms with Gasteiger partial charge < -0.3 is 10.3 Å². The van der Waals surface area contributed by atoms with Gasteiger partial charge >= 0.3 is 0 Å². The summed E-state index contributed by atoms with van der Waals surface area (Å²) >= 11 is 0. The largest absolute Gasteiger partial charge is 0.339 e. The fraction of sp³-hybridized carbons (Fsp3) is 0.579. The van der Waals surface area contributed by atoms with Gasteiger partial charge in [-0.15, -0.1) is 12.4 Å². The first-order chi connectivity index (χ1) is 12.8. The highest BCUT2D eigenvalue weighted by molar-refractivity contribution is 7.89. The maximum Gasteiger partial charge on any atom is 0.243 e. The van der Waals surface area contributed by atoms with Gasteiger partial charge in [0.2, 0.25) is 15.9 Å². The molecule has 1 saturated heterocycles. The Labute approximate surface area is 172 Å². The first-order valence-electron chi connectivity index (χ1n) is 9.50. The minimum atomic E-state index is -3.47. The summed E-state index contributed by atoms with van der Waals surface area (Å²) in [4.78, 5) is 4.88. The van der Waals surface area contributed by atoms with Crippen LogP contribution < -0.4 is 5.73 Å². The Balaban J connectivity index is 0.00000225. The van der Waals surface area contributed by atoms with E-state index in [-0.39, 0.29) is 18.3 Å². The lowest BCUT2D eigenvalue weighted by Crippen LogP contribution is -2.44. The van der Waals surface area contributed by atoms with Crippen molar-refractivity contribution >= 4 is 22.4 Å². The number of nitrogens with two attached hydrogens (primary N) is 1. The smallest absolute Gasteiger partial charge is 0.243 e. The zero-order valence-electron chi connectivity index (χ0n) is 16.2. The number of sulfonamides is 1. The van der Waals surface area contributed by atoms with Gasteiger partial charge in [-0.2, -0.15) is 9.29 Å². The van der Waals surface area contributed by atoms with Crippen LogP contribution in [0.4, 0.5) is 0 Å². The molecule has 0 atom stereocenters. The van der Waals surface area contributed by atoms with Crippen LogP contribution in [0, 0.1) is 13.8 Å². The summed E-state index contributed by atoms with van der Waals surface area (Å²) in [7, 11) is -3.47. The zero-order valence-corrected chi connectivity index (χ0v) is 17.9. The van der Waals surface area contributed by atoms with E-state index in [4.69, 9.17) is 10.3 Å². The molecule has 2 heterocycles. The zero-order chi connectivity index (χ0) is 19.2. The Bertz CT molecular complexity index is 948. The number of halogens is 1. The Morgan fingerprint density at radius 3 is 2.43 bits per heavy atom. The third-order valence-electron chi connectivity index (χ3n) is 6.05. The van der Waals surface area contributed by atoms with Gasteiger partial charge in [0, 0.05) is 19.0 Å². The van der Waals surface area contributed by atoms with Gasteiger partial charge in [-0.25, -0.2) is 8.42 Å². The van der Waals surface area contributed by atoms with E-state index < -0.39 is 15.6 Å². The average Bonchev–Trinajstić information content (AvgIpc) is 3.12. The van der Waals surface area contributed by atoms with E-state index in [1.807, 2.05) is 19.9 Å². The van der Waals surface area contributed by atoms with Crippen molar-refractivity contribution in [3.8, 4) is 0 Å². The Morgan fingerprint density at radius 1 is 1.18 bits per heavy atom. The second-order valence-corrected chi connectivity index (χ2v) is 9.83. The quantitative estimate of drug-likeness (QED) is 0.806. The number of piperidine rings is 1. The van der Waals surface area contributed by atoms with Crippen molar-refractivity contribution in [2.75, 3.05) is 13.1 Å². The molecule has 7 nitrogen and oxygen atoms in total. The molecule has 1 aliphatic heterocycles. The summed E-state index contributed by atoms with van der Waals surface area (Å²) in [5.41, 5.74) is 7.89. The average molecular weight is 427 g/mol. The molecule has 1 aliphatic carbocycles. The summed E-state index contributed by atoms with van der Waals surface area (Å²) in [6, 6.07) is 5.30. The van der Waals surface area contributed by atoms with Crippen molar-refractivity contribution in [3.63, 3.8) is 0 Å². The van der Waals surface area contributed by atoms with E-state index in [2.05, 4.69) is 10.1 Å². The van der Waals surface area contributed by atoms with E-state index in [1.54, 1.807) is 16.4 Å². The molecule has 2 aliphatic rings. The highest BCUT2D eigenvalue weighted by Crippen LogP contribution is 2.38. The van der Waals surface area contributed by atoms with Crippen LogP contribution in [0.5, 0.6) is 0 Å². The lowest BCUT2D eigenvalue weighted by molar-refractivity contribution is 0.227. The van der Waals surface area contributed by atoms with Crippen molar-refractivity contribution in [1.82, 2.24) is 14.4 Å². The van der Waals surface area contributed by atoms with Gasteiger partial charge in [-0.3, -0.25) is 0 Å². The van der Waals surface area contributed by atoms with Crippen molar-refractivity contribution in [1.29, 1.82) is 0 Å². The standard InChI is InChI=1S/C19H26N4O3S.ClH/c1-13-4-5-16(12-14(13)2)27(24,25)23-10-6-15(7-11-23)17-21-18(22-26-17)19(20)8-3-9-19;/h4-5,12,15H,3,6-11,20H2,1-2H3;1H. The van der Waals surface area contributed by atoms with Crippen LogP contribution in [0.25, 0.3) is 0 Å². The summed E-state index contributed by atoms with van der Waals surface area (Å²) in [5.74, 6) is 1.26. The number of hydrogen-bond acceptors (Lipinski definition) is 6. The van der Waals surface area contributed by atoms with Crippen molar-refractivity contribution < 1.29 is 12.9 Å². The van der Waals surface area contributed by atoms with Crippen LogP contribution in [0.15, 0.2) is 27.6 Å². The van der Waals surface area contributed by atoms with Crippen LogP contribution in [-0.4, -0.2) is 36.0 Å². The SMILES string of the molecule is Cc1ccc(S(=O)(=O)N2CCC(c3nc(C4(N)CCC4)no3)CC2)cc1C.Cl. The third-order valence-corrected chi connectivity index (χ3v) is 7.95. The number of nitrogens with zero attached hydrogens (tertiary/aromatic N) is 3. The molecule has 1 saturated carbocycles. The maximum atomic E-state index is 12.9. The second-order valence-electron chi connectivity index (χ2n) is 7.89. The molecule has 0 amide bonds. The molecule has 0 unspecified atom stereocenters. The fourth-order valence-electron chi connectivity index (χ4n) is 3.75. The molecule has 154 valence electrons. The van der Waals surface area contributed by atoms with Crippen molar-refractivity contribution in [2.24, 2.45) is 5.73 Å². The molecule has 1 aromatic heterocycles. The molecule has 0 bridgehead atoms. The summed E-state index contributed by atoms with van der Waals surface area (Å²) < 4.78 is 32.9. The predicted molar refractivity (Wildman–Crippen MR) is 108 cm³/mol. The van der Waals surface area contributed by atoms with Crippen LogP contribution in [-0.2, 0) is 15.6 Å². The van der Waals surface area contributed by atoms with E-state index >= 15 is 0 Å². The highest BCUT2D eigenvalue weighted by atomic mass is 35.5. The minimum Gasteiger partial charge on any atom is -0.339 e. The van der Waals surface area contributed by atoms with E-state index in [1.165, 1.54) is 0 Å². The first kappa shape index (κ1) is 21.2. The molecule has 1 aromatic carbocycles. The molecule has 0 spiro atoms. The number of hydrogen-bond donors (Lipinski definition) is 1. The fourth-order valence-corrected chi connectivity index (χ4v) is 5.31. The van der Waals surface area contributed by atoms with Gasteiger partial charge in [-0.1, -0.05) is 11.2 Å². The normalized spacial score (nSPS) is 20.4. The van der Waals surface area contributed by atoms with E-state index in [0.29, 0.717) is 42.5 Å². The first-order valence-corrected chi connectivity index (χ1v) is 10.9. The molecule has 9 heteroatoms. The molecular formula is C19H27ClN4O3S. The Kier molecular flexibility index (Phi) is 5.87. The van der Waals surface area contributed by atoms with E-state index in [9.17, 15) is 8.42 Å².